The van der Waals surface area contributed by atoms with E-state index in [2.05, 4.69) is 5.32 Å². The van der Waals surface area contributed by atoms with E-state index in [0.717, 1.165) is 0 Å². The first-order chi connectivity index (χ1) is 13.4. The average Bonchev–Trinajstić information content (AvgIpc) is 2.69. The molecule has 0 aliphatic carbocycles. The second kappa shape index (κ2) is 9.09. The quantitative estimate of drug-likeness (QED) is 0.668. The van der Waals surface area contributed by atoms with Crippen LogP contribution in [0.2, 0.25) is 0 Å². The van der Waals surface area contributed by atoms with Gasteiger partial charge in [0.05, 0.1) is 24.8 Å². The van der Waals surface area contributed by atoms with Crippen molar-refractivity contribution in [3.05, 3.63) is 53.3 Å². The molecule has 2 aromatic rings. The number of rotatable bonds is 9. The van der Waals surface area contributed by atoms with Gasteiger partial charge in [0, 0.05) is 17.3 Å². The van der Waals surface area contributed by atoms with Crippen LogP contribution in [0.1, 0.15) is 38.3 Å². The number of benzene rings is 2. The molecule has 0 saturated carbocycles. The van der Waals surface area contributed by atoms with Gasteiger partial charge in [-0.05, 0) is 50.6 Å². The van der Waals surface area contributed by atoms with E-state index in [4.69, 9.17) is 14.7 Å². The van der Waals surface area contributed by atoms with E-state index >= 15 is 4.39 Å². The molecule has 0 bridgehead atoms. The number of anilines is 1. The summed E-state index contributed by atoms with van der Waals surface area (Å²) in [6, 6.07) is 11.1. The molecule has 0 saturated heterocycles. The first kappa shape index (κ1) is 21.0. The number of carboxylic acids is 1. The molecule has 2 rings (SSSR count). The van der Waals surface area contributed by atoms with Crippen LogP contribution in [0.25, 0.3) is 0 Å². The van der Waals surface area contributed by atoms with Crippen LogP contribution >= 0.6 is 0 Å². The maximum atomic E-state index is 15.2. The summed E-state index contributed by atoms with van der Waals surface area (Å²) in [5.41, 5.74) is -0.952. The highest BCUT2D eigenvalue weighted by atomic mass is 19.1. The number of halogens is 1. The molecule has 1 unspecified atom stereocenters. The van der Waals surface area contributed by atoms with E-state index < -0.39 is 17.3 Å². The lowest BCUT2D eigenvalue weighted by atomic mass is 9.85. The lowest BCUT2D eigenvalue weighted by molar-refractivity contribution is -0.143. The van der Waals surface area contributed by atoms with Gasteiger partial charge in [0.1, 0.15) is 5.75 Å². The highest BCUT2D eigenvalue weighted by Crippen LogP contribution is 2.38. The Bertz CT molecular complexity index is 877. The zero-order valence-corrected chi connectivity index (χ0v) is 16.1. The molecule has 0 aliphatic rings. The zero-order valence-electron chi connectivity index (χ0n) is 16.1. The van der Waals surface area contributed by atoms with Gasteiger partial charge in [0.2, 0.25) is 0 Å². The van der Waals surface area contributed by atoms with Crippen molar-refractivity contribution < 1.29 is 23.8 Å². The van der Waals surface area contributed by atoms with Gasteiger partial charge >= 0.3 is 5.97 Å². The Morgan fingerprint density at radius 3 is 2.32 bits per heavy atom. The summed E-state index contributed by atoms with van der Waals surface area (Å²) in [4.78, 5) is 12.3. The molecule has 0 aromatic heterocycles. The topological polar surface area (TPSA) is 91.6 Å². The lowest BCUT2D eigenvalue weighted by Gasteiger charge is -2.32. The Morgan fingerprint density at radius 1 is 1.18 bits per heavy atom. The molecule has 0 heterocycles. The Morgan fingerprint density at radius 2 is 1.82 bits per heavy atom. The number of ether oxygens (including phenoxy) is 2. The van der Waals surface area contributed by atoms with Gasteiger partial charge in [-0.25, -0.2) is 9.18 Å². The normalized spacial score (nSPS) is 12.5. The van der Waals surface area contributed by atoms with Crippen LogP contribution in [-0.4, -0.2) is 24.3 Å². The third kappa shape index (κ3) is 4.17. The fourth-order valence-electron chi connectivity index (χ4n) is 2.93. The predicted octanol–water partition coefficient (Wildman–Crippen LogP) is 4.30. The Hall–Kier alpha value is -3.27. The van der Waals surface area contributed by atoms with Gasteiger partial charge in [-0.15, -0.1) is 0 Å². The smallest absolute Gasteiger partial charge is 0.334 e. The number of nitrogens with zero attached hydrogens (tertiary/aromatic N) is 1. The largest absolute Gasteiger partial charge is 0.494 e. The molecule has 0 amide bonds. The van der Waals surface area contributed by atoms with Crippen molar-refractivity contribution in [2.24, 2.45) is 0 Å². The minimum absolute atomic E-state index is 0.0560. The van der Waals surface area contributed by atoms with E-state index in [-0.39, 0.29) is 24.3 Å². The lowest BCUT2D eigenvalue weighted by Crippen LogP contribution is -2.43. The fraction of sp³-hybridized carbons (Fsp3) is 0.333. The molecule has 0 aliphatic heterocycles. The number of nitriles is 1. The maximum absolute atomic E-state index is 15.2. The van der Waals surface area contributed by atoms with E-state index in [1.165, 1.54) is 12.1 Å². The summed E-state index contributed by atoms with van der Waals surface area (Å²) in [5.74, 6) is -1.74. The minimum atomic E-state index is -1.75. The van der Waals surface area contributed by atoms with Crippen molar-refractivity contribution in [3.8, 4) is 17.6 Å². The molecular formula is C21H23FN2O4. The SMILES string of the molecule is CCOc1cc(OCC)c(F)c(C(CC)(Nc2ccc(C#N)cc2)C(=O)O)c1. The minimum Gasteiger partial charge on any atom is -0.494 e. The van der Waals surface area contributed by atoms with Gasteiger partial charge < -0.3 is 19.9 Å². The van der Waals surface area contributed by atoms with E-state index in [0.29, 0.717) is 23.6 Å². The summed E-state index contributed by atoms with van der Waals surface area (Å²) in [6.45, 7) is 5.71. The van der Waals surface area contributed by atoms with Crippen molar-refractivity contribution in [2.75, 3.05) is 18.5 Å². The van der Waals surface area contributed by atoms with Crippen LogP contribution in [-0.2, 0) is 10.3 Å². The molecule has 1 atom stereocenters. The number of hydrogen-bond acceptors (Lipinski definition) is 5. The Labute approximate surface area is 163 Å². The van der Waals surface area contributed by atoms with Crippen molar-refractivity contribution in [2.45, 2.75) is 32.7 Å². The summed E-state index contributed by atoms with van der Waals surface area (Å²) in [7, 11) is 0. The molecule has 0 spiro atoms. The third-order valence-corrected chi connectivity index (χ3v) is 4.35. The Balaban J connectivity index is 2.63. The number of carboxylic acid groups (broad SMARTS) is 1. The zero-order chi connectivity index (χ0) is 20.7. The van der Waals surface area contributed by atoms with E-state index in [1.807, 2.05) is 6.07 Å². The molecule has 2 N–H and O–H groups in total. The van der Waals surface area contributed by atoms with Crippen molar-refractivity contribution in [1.29, 1.82) is 5.26 Å². The number of nitrogens with one attached hydrogen (secondary N) is 1. The van der Waals surface area contributed by atoms with Crippen LogP contribution in [0.5, 0.6) is 11.5 Å². The number of aliphatic carboxylic acids is 1. The van der Waals surface area contributed by atoms with Crippen LogP contribution in [0.4, 0.5) is 10.1 Å². The first-order valence-corrected chi connectivity index (χ1v) is 9.03. The fourth-order valence-corrected chi connectivity index (χ4v) is 2.93. The molecule has 148 valence electrons. The molecule has 2 aromatic carbocycles. The molecule has 0 radical (unpaired) electrons. The molecular weight excluding hydrogens is 363 g/mol. The summed E-state index contributed by atoms with van der Waals surface area (Å²) in [6.07, 6.45) is 0.0560. The average molecular weight is 386 g/mol. The summed E-state index contributed by atoms with van der Waals surface area (Å²) in [5, 5.41) is 21.9. The van der Waals surface area contributed by atoms with Crippen LogP contribution in [0, 0.1) is 17.1 Å². The van der Waals surface area contributed by atoms with Gasteiger partial charge in [-0.2, -0.15) is 5.26 Å². The molecule has 0 fully saturated rings. The van der Waals surface area contributed by atoms with Gasteiger partial charge in [0.25, 0.3) is 0 Å². The molecule has 28 heavy (non-hydrogen) atoms. The summed E-state index contributed by atoms with van der Waals surface area (Å²) < 4.78 is 26.1. The monoisotopic (exact) mass is 386 g/mol. The second-order valence-electron chi connectivity index (χ2n) is 6.03. The number of carbonyl (C=O) groups is 1. The Kier molecular flexibility index (Phi) is 6.83. The third-order valence-electron chi connectivity index (χ3n) is 4.35. The highest BCUT2D eigenvalue weighted by Gasteiger charge is 2.42. The van der Waals surface area contributed by atoms with Crippen LogP contribution in [0.3, 0.4) is 0 Å². The number of hydrogen-bond donors (Lipinski definition) is 2. The van der Waals surface area contributed by atoms with E-state index in [1.54, 1.807) is 45.0 Å². The molecule has 6 nitrogen and oxygen atoms in total. The van der Waals surface area contributed by atoms with Gasteiger partial charge in [-0.3, -0.25) is 0 Å². The van der Waals surface area contributed by atoms with Gasteiger partial charge in [-0.1, -0.05) is 6.92 Å². The second-order valence-corrected chi connectivity index (χ2v) is 6.03. The van der Waals surface area contributed by atoms with Crippen LogP contribution < -0.4 is 14.8 Å². The predicted molar refractivity (Wildman–Crippen MR) is 103 cm³/mol. The maximum Gasteiger partial charge on any atom is 0.334 e. The van der Waals surface area contributed by atoms with Crippen LogP contribution in [0.15, 0.2) is 36.4 Å². The highest BCUT2D eigenvalue weighted by molar-refractivity contribution is 5.85. The van der Waals surface area contributed by atoms with Gasteiger partial charge in [0.15, 0.2) is 17.1 Å². The van der Waals surface area contributed by atoms with E-state index in [9.17, 15) is 9.90 Å². The van der Waals surface area contributed by atoms with Crippen molar-refractivity contribution in [1.82, 2.24) is 0 Å². The first-order valence-electron chi connectivity index (χ1n) is 9.03. The molecule has 7 heteroatoms. The summed E-state index contributed by atoms with van der Waals surface area (Å²) >= 11 is 0. The van der Waals surface area contributed by atoms with Crippen molar-refractivity contribution in [3.63, 3.8) is 0 Å². The standard InChI is InChI=1S/C21H23FN2O4/c1-4-21(20(25)26,24-15-9-7-14(13-23)8-10-15)17-11-16(27-5-2)12-18(19(17)22)28-6-3/h7-12,24H,4-6H2,1-3H3,(H,25,26). The van der Waals surface area contributed by atoms with Crippen molar-refractivity contribution >= 4 is 11.7 Å².